The SMILES string of the molecule is CC(C)C(CCC(C)[C@H]1CC[C@H]2[C@@H]3[C@H](O)C[C@H]4C[C@@H](NCCCNCCCCN)CC[C@]4(C)[C@H]3CC[C@]12C)OS(=O)(=O)O. The summed E-state index contributed by atoms with van der Waals surface area (Å²) >= 11 is 0. The van der Waals surface area contributed by atoms with Crippen LogP contribution >= 0.6 is 0 Å². The van der Waals surface area contributed by atoms with Gasteiger partial charge in [0, 0.05) is 6.04 Å². The summed E-state index contributed by atoms with van der Waals surface area (Å²) in [6, 6.07) is 0.573. The first kappa shape index (κ1) is 35.6. The van der Waals surface area contributed by atoms with Crippen LogP contribution in [0.2, 0.25) is 0 Å². The molecule has 2 unspecified atom stereocenters. The molecule has 6 N–H and O–H groups in total. The Balaban J connectivity index is 1.32. The molecule has 0 heterocycles. The third-order valence-electron chi connectivity index (χ3n) is 13.1. The first-order chi connectivity index (χ1) is 20.3. The van der Waals surface area contributed by atoms with Gasteiger partial charge in [-0.05, 0) is 162 Å². The fourth-order valence-electron chi connectivity index (χ4n) is 10.7. The van der Waals surface area contributed by atoms with E-state index in [0.29, 0.717) is 53.4 Å². The number of fused-ring (bicyclic) bond motifs is 5. The third-order valence-corrected chi connectivity index (χ3v) is 13.6. The quantitative estimate of drug-likeness (QED) is 0.111. The molecule has 11 atom stereocenters. The number of hydrogen-bond acceptors (Lipinski definition) is 7. The van der Waals surface area contributed by atoms with Crippen molar-refractivity contribution in [3.63, 3.8) is 0 Å². The topological polar surface area (TPSA) is 134 Å². The van der Waals surface area contributed by atoms with E-state index in [1.54, 1.807) is 0 Å². The van der Waals surface area contributed by atoms with Crippen molar-refractivity contribution in [2.45, 2.75) is 136 Å². The molecule has 43 heavy (non-hydrogen) atoms. The van der Waals surface area contributed by atoms with E-state index in [1.807, 2.05) is 13.8 Å². The van der Waals surface area contributed by atoms with E-state index < -0.39 is 16.5 Å². The van der Waals surface area contributed by atoms with Crippen molar-refractivity contribution in [2.24, 2.45) is 58.0 Å². The zero-order valence-electron chi connectivity index (χ0n) is 27.9. The maximum atomic E-state index is 11.8. The number of nitrogens with one attached hydrogen (secondary N) is 2. The summed E-state index contributed by atoms with van der Waals surface area (Å²) in [5.74, 6) is 3.21. The first-order valence-corrected chi connectivity index (χ1v) is 19.1. The average Bonchev–Trinajstić information content (AvgIpc) is 3.29. The summed E-state index contributed by atoms with van der Waals surface area (Å²) in [4.78, 5) is 0. The molecule has 9 heteroatoms. The summed E-state index contributed by atoms with van der Waals surface area (Å²) < 4.78 is 37.1. The fraction of sp³-hybridized carbons (Fsp3) is 1.00. The molecular weight excluding hydrogens is 562 g/mol. The molecule has 0 aromatic heterocycles. The van der Waals surface area contributed by atoms with E-state index in [1.165, 1.54) is 44.9 Å². The Morgan fingerprint density at radius 3 is 2.30 bits per heavy atom. The molecule has 0 aliphatic heterocycles. The van der Waals surface area contributed by atoms with Crippen LogP contribution in [0, 0.1) is 52.3 Å². The predicted octanol–water partition coefficient (Wildman–Crippen LogP) is 5.55. The number of rotatable bonds is 16. The molecule has 4 saturated carbocycles. The van der Waals surface area contributed by atoms with E-state index in [9.17, 15) is 18.1 Å². The Morgan fingerprint density at radius 2 is 1.60 bits per heavy atom. The smallest absolute Gasteiger partial charge is 0.393 e. The van der Waals surface area contributed by atoms with Crippen LogP contribution in [0.1, 0.15) is 118 Å². The molecule has 0 aromatic rings. The van der Waals surface area contributed by atoms with Crippen molar-refractivity contribution in [1.82, 2.24) is 10.6 Å². The highest BCUT2D eigenvalue weighted by atomic mass is 32.3. The first-order valence-electron chi connectivity index (χ1n) is 17.8. The highest BCUT2D eigenvalue weighted by molar-refractivity contribution is 7.80. The van der Waals surface area contributed by atoms with Crippen LogP contribution in [0.3, 0.4) is 0 Å². The van der Waals surface area contributed by atoms with Crippen LogP contribution in [0.4, 0.5) is 0 Å². The van der Waals surface area contributed by atoms with Gasteiger partial charge in [0.2, 0.25) is 0 Å². The lowest BCUT2D eigenvalue weighted by molar-refractivity contribution is -0.167. The molecule has 4 aliphatic rings. The van der Waals surface area contributed by atoms with Gasteiger partial charge in [-0.3, -0.25) is 4.55 Å². The molecule has 0 aromatic carbocycles. The van der Waals surface area contributed by atoms with Crippen LogP contribution in [0.25, 0.3) is 0 Å². The van der Waals surface area contributed by atoms with Crippen molar-refractivity contribution in [2.75, 3.05) is 26.2 Å². The summed E-state index contributed by atoms with van der Waals surface area (Å²) in [7, 11) is -4.45. The predicted molar refractivity (Wildman–Crippen MR) is 174 cm³/mol. The van der Waals surface area contributed by atoms with Gasteiger partial charge in [0.1, 0.15) is 0 Å². The lowest BCUT2D eigenvalue weighted by Crippen LogP contribution is -2.59. The second-order valence-electron chi connectivity index (χ2n) is 15.9. The van der Waals surface area contributed by atoms with Gasteiger partial charge < -0.3 is 21.5 Å². The van der Waals surface area contributed by atoms with Crippen molar-refractivity contribution < 1.29 is 22.3 Å². The standard InChI is InChI=1S/C34H65N3O5S/c1-23(2)31(42-43(39,40)41)12-9-24(3)27-10-11-28-32-29(14-16-34(27,28)5)33(4)15-13-26(21-25(33)22-30(32)38)37-20-8-19-36-18-7-6-17-35/h23-32,36-38H,6-22,35H2,1-5H3,(H,39,40,41)/t24?,25-,26+,27-,28+,29+,30-,31?,32+,33+,34-/m1/s1. The molecule has 0 bridgehead atoms. The van der Waals surface area contributed by atoms with Crippen LogP contribution in [-0.4, -0.2) is 62.5 Å². The van der Waals surface area contributed by atoms with Gasteiger partial charge >= 0.3 is 10.4 Å². The van der Waals surface area contributed by atoms with Crippen molar-refractivity contribution >= 4 is 10.4 Å². The zero-order valence-corrected chi connectivity index (χ0v) is 28.7. The van der Waals surface area contributed by atoms with Gasteiger partial charge in [-0.1, -0.05) is 34.6 Å². The highest BCUT2D eigenvalue weighted by Gasteiger charge is 2.62. The largest absolute Gasteiger partial charge is 0.397 e. The van der Waals surface area contributed by atoms with Crippen LogP contribution in [-0.2, 0) is 14.6 Å². The van der Waals surface area contributed by atoms with E-state index in [-0.39, 0.29) is 17.4 Å². The summed E-state index contributed by atoms with van der Waals surface area (Å²) in [5, 5.41) is 19.2. The lowest BCUT2D eigenvalue weighted by Gasteiger charge is -2.62. The van der Waals surface area contributed by atoms with Crippen LogP contribution in [0.5, 0.6) is 0 Å². The Labute approximate surface area is 263 Å². The molecule has 0 saturated heterocycles. The minimum atomic E-state index is -4.45. The maximum absolute atomic E-state index is 11.8. The minimum Gasteiger partial charge on any atom is -0.393 e. The second kappa shape index (κ2) is 15.1. The van der Waals surface area contributed by atoms with E-state index in [2.05, 4.69) is 31.4 Å². The molecular formula is C34H65N3O5S. The molecule has 4 fully saturated rings. The molecule has 0 radical (unpaired) electrons. The molecule has 252 valence electrons. The number of hydrogen-bond donors (Lipinski definition) is 5. The molecule has 4 aliphatic carbocycles. The number of nitrogens with two attached hydrogens (primary N) is 1. The Hall–Kier alpha value is -0.290. The second-order valence-corrected chi connectivity index (χ2v) is 17.0. The lowest BCUT2D eigenvalue weighted by atomic mass is 9.43. The number of aliphatic hydroxyl groups excluding tert-OH is 1. The Morgan fingerprint density at radius 1 is 0.907 bits per heavy atom. The van der Waals surface area contributed by atoms with Gasteiger partial charge in [0.25, 0.3) is 0 Å². The molecule has 0 amide bonds. The maximum Gasteiger partial charge on any atom is 0.397 e. The number of unbranched alkanes of at least 4 members (excludes halogenated alkanes) is 1. The zero-order chi connectivity index (χ0) is 31.4. The highest BCUT2D eigenvalue weighted by Crippen LogP contribution is 2.68. The van der Waals surface area contributed by atoms with E-state index >= 15 is 0 Å². The van der Waals surface area contributed by atoms with Gasteiger partial charge in [0.05, 0.1) is 12.2 Å². The summed E-state index contributed by atoms with van der Waals surface area (Å²) in [6.07, 6.45) is 13.7. The summed E-state index contributed by atoms with van der Waals surface area (Å²) in [6.45, 7) is 15.3. The Bertz CT molecular complexity index is 981. The average molecular weight is 628 g/mol. The molecule has 8 nitrogen and oxygen atoms in total. The molecule has 0 spiro atoms. The Kier molecular flexibility index (Phi) is 12.5. The normalized spacial score (nSPS) is 39.2. The fourth-order valence-corrected chi connectivity index (χ4v) is 11.3. The van der Waals surface area contributed by atoms with Crippen LogP contribution in [0.15, 0.2) is 0 Å². The van der Waals surface area contributed by atoms with Crippen LogP contribution < -0.4 is 16.4 Å². The molecule has 4 rings (SSSR count). The van der Waals surface area contributed by atoms with E-state index in [4.69, 9.17) is 9.92 Å². The van der Waals surface area contributed by atoms with Gasteiger partial charge in [-0.25, -0.2) is 4.18 Å². The van der Waals surface area contributed by atoms with Crippen molar-refractivity contribution in [1.29, 1.82) is 0 Å². The van der Waals surface area contributed by atoms with Crippen molar-refractivity contribution in [3.8, 4) is 0 Å². The summed E-state index contributed by atoms with van der Waals surface area (Å²) in [5.41, 5.74) is 6.13. The number of aliphatic hydroxyl groups is 1. The van der Waals surface area contributed by atoms with Crippen molar-refractivity contribution in [3.05, 3.63) is 0 Å². The monoisotopic (exact) mass is 627 g/mol. The van der Waals surface area contributed by atoms with Gasteiger partial charge in [0.15, 0.2) is 0 Å². The third kappa shape index (κ3) is 8.36. The van der Waals surface area contributed by atoms with E-state index in [0.717, 1.165) is 58.3 Å². The van der Waals surface area contributed by atoms with Gasteiger partial charge in [-0.15, -0.1) is 0 Å². The minimum absolute atomic E-state index is 0.0152. The van der Waals surface area contributed by atoms with Gasteiger partial charge in [-0.2, -0.15) is 8.42 Å².